The minimum atomic E-state index is -0.440. The predicted octanol–water partition coefficient (Wildman–Crippen LogP) is 2.73. The lowest BCUT2D eigenvalue weighted by atomic mass is 10.1. The van der Waals surface area contributed by atoms with Gasteiger partial charge in [-0.15, -0.1) is 11.3 Å². The molecule has 1 atom stereocenters. The van der Waals surface area contributed by atoms with Crippen LogP contribution in [0.25, 0.3) is 0 Å². The number of hydrogen-bond donors (Lipinski definition) is 1. The van der Waals surface area contributed by atoms with E-state index < -0.39 is 6.04 Å². The predicted molar refractivity (Wildman–Crippen MR) is 87.9 cm³/mol. The highest BCUT2D eigenvalue weighted by atomic mass is 32.1. The largest absolute Gasteiger partial charge is 0.349 e. The molecule has 3 rings (SSSR count). The van der Waals surface area contributed by atoms with Crippen molar-refractivity contribution in [1.29, 1.82) is 0 Å². The van der Waals surface area contributed by atoms with E-state index in [4.69, 9.17) is 0 Å². The second-order valence-corrected chi connectivity index (χ2v) is 6.30. The minimum Gasteiger partial charge on any atom is -0.349 e. The molecule has 0 spiro atoms. The Hall–Kier alpha value is -2.14. The number of carbonyl (C=O) groups is 2. The molecule has 2 amide bonds. The van der Waals surface area contributed by atoms with Crippen molar-refractivity contribution < 1.29 is 9.59 Å². The third kappa shape index (κ3) is 2.76. The number of nitrogens with zero attached hydrogens (tertiary/aromatic N) is 1. The molecule has 0 fully saturated rings. The van der Waals surface area contributed by atoms with Gasteiger partial charge in [-0.3, -0.25) is 14.5 Å². The molecule has 114 valence electrons. The van der Waals surface area contributed by atoms with Crippen LogP contribution in [0, 0.1) is 0 Å². The number of benzene rings is 1. The molecule has 1 unspecified atom stereocenters. The van der Waals surface area contributed by atoms with Gasteiger partial charge in [0.25, 0.3) is 0 Å². The van der Waals surface area contributed by atoms with E-state index in [1.807, 2.05) is 48.7 Å². The van der Waals surface area contributed by atoms with Crippen molar-refractivity contribution in [3.8, 4) is 0 Å². The first kappa shape index (κ1) is 14.8. The van der Waals surface area contributed by atoms with Crippen molar-refractivity contribution in [2.75, 3.05) is 4.90 Å². The molecule has 1 N–H and O–H groups in total. The van der Waals surface area contributed by atoms with Gasteiger partial charge in [0.15, 0.2) is 0 Å². The standard InChI is InChI=1S/C17H18N2O2S/c1-2-16(20)19-14-8-4-3-6-12(14)10-15(19)17(21)18-11-13-7-5-9-22-13/h3-9,15H,2,10-11H2,1H3,(H,18,21). The Labute approximate surface area is 133 Å². The van der Waals surface area contributed by atoms with E-state index in [1.165, 1.54) is 0 Å². The first-order chi connectivity index (χ1) is 10.7. The summed E-state index contributed by atoms with van der Waals surface area (Å²) in [6.45, 7) is 2.33. The van der Waals surface area contributed by atoms with E-state index in [0.717, 1.165) is 16.1 Å². The maximum absolute atomic E-state index is 12.5. The summed E-state index contributed by atoms with van der Waals surface area (Å²) >= 11 is 1.61. The SMILES string of the molecule is CCC(=O)N1c2ccccc2CC1C(=O)NCc1cccs1. The molecule has 2 aromatic rings. The lowest BCUT2D eigenvalue weighted by Crippen LogP contribution is -2.47. The van der Waals surface area contributed by atoms with Crippen molar-refractivity contribution in [1.82, 2.24) is 5.32 Å². The summed E-state index contributed by atoms with van der Waals surface area (Å²) in [5.74, 6) is -0.104. The van der Waals surface area contributed by atoms with Crippen LogP contribution >= 0.6 is 11.3 Å². The second-order valence-electron chi connectivity index (χ2n) is 5.26. The van der Waals surface area contributed by atoms with E-state index in [0.29, 0.717) is 19.4 Å². The zero-order valence-corrected chi connectivity index (χ0v) is 13.2. The number of thiophene rings is 1. The maximum Gasteiger partial charge on any atom is 0.243 e. The van der Waals surface area contributed by atoms with Crippen LogP contribution in [-0.2, 0) is 22.6 Å². The Balaban J connectivity index is 1.77. The van der Waals surface area contributed by atoms with Gasteiger partial charge >= 0.3 is 0 Å². The van der Waals surface area contributed by atoms with E-state index in [2.05, 4.69) is 5.32 Å². The molecule has 1 aliphatic heterocycles. The molecule has 0 aliphatic carbocycles. The van der Waals surface area contributed by atoms with Crippen LogP contribution in [0.15, 0.2) is 41.8 Å². The zero-order valence-electron chi connectivity index (χ0n) is 12.4. The van der Waals surface area contributed by atoms with Gasteiger partial charge < -0.3 is 5.32 Å². The van der Waals surface area contributed by atoms with E-state index in [1.54, 1.807) is 16.2 Å². The third-order valence-electron chi connectivity index (χ3n) is 3.87. The average Bonchev–Trinajstić information content (AvgIpc) is 3.19. The summed E-state index contributed by atoms with van der Waals surface area (Å²) in [6.07, 6.45) is 0.973. The molecule has 1 aliphatic rings. The van der Waals surface area contributed by atoms with E-state index >= 15 is 0 Å². The normalized spacial score (nSPS) is 16.4. The van der Waals surface area contributed by atoms with Gasteiger partial charge in [0.2, 0.25) is 11.8 Å². The molecular weight excluding hydrogens is 296 g/mol. The van der Waals surface area contributed by atoms with Crippen LogP contribution in [0.2, 0.25) is 0 Å². The molecule has 1 aromatic carbocycles. The van der Waals surface area contributed by atoms with E-state index in [9.17, 15) is 9.59 Å². The Morgan fingerprint density at radius 2 is 2.09 bits per heavy atom. The highest BCUT2D eigenvalue weighted by Gasteiger charge is 2.37. The molecule has 2 heterocycles. The van der Waals surface area contributed by atoms with Crippen LogP contribution in [0.4, 0.5) is 5.69 Å². The van der Waals surface area contributed by atoms with Crippen LogP contribution in [0.1, 0.15) is 23.8 Å². The summed E-state index contributed by atoms with van der Waals surface area (Å²) < 4.78 is 0. The summed E-state index contributed by atoms with van der Waals surface area (Å²) in [7, 11) is 0. The topological polar surface area (TPSA) is 49.4 Å². The number of carbonyl (C=O) groups excluding carboxylic acids is 2. The van der Waals surface area contributed by atoms with Crippen LogP contribution in [0.5, 0.6) is 0 Å². The maximum atomic E-state index is 12.5. The van der Waals surface area contributed by atoms with Crippen molar-refractivity contribution in [3.63, 3.8) is 0 Å². The molecule has 0 saturated carbocycles. The minimum absolute atomic E-state index is 0.0128. The number of anilines is 1. The molecule has 0 saturated heterocycles. The number of amides is 2. The molecule has 0 bridgehead atoms. The molecule has 22 heavy (non-hydrogen) atoms. The quantitative estimate of drug-likeness (QED) is 0.943. The van der Waals surface area contributed by atoms with Gasteiger partial charge in [0.1, 0.15) is 6.04 Å². The number of para-hydroxylation sites is 1. The van der Waals surface area contributed by atoms with Gasteiger partial charge in [-0.1, -0.05) is 31.2 Å². The fraction of sp³-hybridized carbons (Fsp3) is 0.294. The van der Waals surface area contributed by atoms with Gasteiger partial charge in [0, 0.05) is 23.4 Å². The van der Waals surface area contributed by atoms with Crippen LogP contribution in [0.3, 0.4) is 0 Å². The smallest absolute Gasteiger partial charge is 0.243 e. The average molecular weight is 314 g/mol. The Morgan fingerprint density at radius 3 is 2.82 bits per heavy atom. The summed E-state index contributed by atoms with van der Waals surface area (Å²) in [4.78, 5) is 27.6. The first-order valence-corrected chi connectivity index (χ1v) is 8.28. The third-order valence-corrected chi connectivity index (χ3v) is 4.74. The molecular formula is C17H18N2O2S. The number of fused-ring (bicyclic) bond motifs is 1. The Bertz CT molecular complexity index is 682. The Morgan fingerprint density at radius 1 is 1.27 bits per heavy atom. The molecule has 5 heteroatoms. The molecule has 1 aromatic heterocycles. The number of hydrogen-bond acceptors (Lipinski definition) is 3. The lowest BCUT2D eigenvalue weighted by molar-refractivity contribution is -0.126. The van der Waals surface area contributed by atoms with Gasteiger partial charge in [-0.2, -0.15) is 0 Å². The summed E-state index contributed by atoms with van der Waals surface area (Å²) in [5.41, 5.74) is 1.92. The fourth-order valence-corrected chi connectivity index (χ4v) is 3.42. The van der Waals surface area contributed by atoms with Gasteiger partial charge in [-0.25, -0.2) is 0 Å². The highest BCUT2D eigenvalue weighted by molar-refractivity contribution is 7.09. The number of rotatable bonds is 4. The second kappa shape index (κ2) is 6.32. The van der Waals surface area contributed by atoms with Gasteiger partial charge in [0.05, 0.1) is 6.54 Å². The van der Waals surface area contributed by atoms with E-state index in [-0.39, 0.29) is 11.8 Å². The monoisotopic (exact) mass is 314 g/mol. The zero-order chi connectivity index (χ0) is 15.5. The van der Waals surface area contributed by atoms with Crippen molar-refractivity contribution in [2.45, 2.75) is 32.4 Å². The highest BCUT2D eigenvalue weighted by Crippen LogP contribution is 2.32. The Kier molecular flexibility index (Phi) is 4.24. The van der Waals surface area contributed by atoms with Crippen molar-refractivity contribution >= 4 is 28.8 Å². The van der Waals surface area contributed by atoms with Crippen molar-refractivity contribution in [2.24, 2.45) is 0 Å². The number of nitrogens with one attached hydrogen (secondary N) is 1. The first-order valence-electron chi connectivity index (χ1n) is 7.40. The van der Waals surface area contributed by atoms with Gasteiger partial charge in [-0.05, 0) is 23.1 Å². The fourth-order valence-electron chi connectivity index (χ4n) is 2.78. The summed E-state index contributed by atoms with van der Waals surface area (Å²) in [6, 6.07) is 11.3. The lowest BCUT2D eigenvalue weighted by Gasteiger charge is -2.24. The van der Waals surface area contributed by atoms with Crippen LogP contribution in [-0.4, -0.2) is 17.9 Å². The summed E-state index contributed by atoms with van der Waals surface area (Å²) in [5, 5.41) is 4.93. The molecule has 0 radical (unpaired) electrons. The molecule has 4 nitrogen and oxygen atoms in total. The van der Waals surface area contributed by atoms with Crippen LogP contribution < -0.4 is 10.2 Å². The van der Waals surface area contributed by atoms with Crippen molar-refractivity contribution in [3.05, 3.63) is 52.2 Å².